The van der Waals surface area contributed by atoms with Crippen LogP contribution in [0, 0.1) is 0 Å². The molecule has 1 aromatic rings. The Morgan fingerprint density at radius 1 is 1.15 bits per heavy atom. The number of halogens is 4. The Morgan fingerprint density at radius 3 is 2.41 bits per heavy atom. The van der Waals surface area contributed by atoms with Crippen molar-refractivity contribution < 1.29 is 13.2 Å². The third-order valence-electron chi connectivity index (χ3n) is 4.70. The first kappa shape index (κ1) is 24.0. The number of alkyl halides is 3. The van der Waals surface area contributed by atoms with E-state index in [4.69, 9.17) is 0 Å². The van der Waals surface area contributed by atoms with Crippen LogP contribution in [-0.2, 0) is 12.6 Å². The molecule has 0 bridgehead atoms. The van der Waals surface area contributed by atoms with Gasteiger partial charge in [0.25, 0.3) is 0 Å². The summed E-state index contributed by atoms with van der Waals surface area (Å²) in [5.41, 5.74) is 0.239. The molecular formula is C18H29F3IN5. The highest BCUT2D eigenvalue weighted by atomic mass is 127. The topological polar surface area (TPSA) is 42.9 Å². The van der Waals surface area contributed by atoms with Gasteiger partial charge in [0.1, 0.15) is 0 Å². The van der Waals surface area contributed by atoms with E-state index in [9.17, 15) is 13.2 Å². The molecule has 27 heavy (non-hydrogen) atoms. The van der Waals surface area contributed by atoms with Crippen molar-refractivity contribution in [2.75, 3.05) is 53.9 Å². The number of nitrogens with one attached hydrogen (secondary N) is 2. The number of nitrogens with zero attached hydrogens (tertiary/aromatic N) is 3. The molecule has 5 nitrogen and oxygen atoms in total. The van der Waals surface area contributed by atoms with Gasteiger partial charge in [-0.1, -0.05) is 12.1 Å². The van der Waals surface area contributed by atoms with Crippen LogP contribution in [0.1, 0.15) is 11.1 Å². The molecule has 0 spiro atoms. The first-order chi connectivity index (χ1) is 12.3. The number of guanidine groups is 1. The summed E-state index contributed by atoms with van der Waals surface area (Å²) in [7, 11) is 5.96. The number of hydrogen-bond acceptors (Lipinski definition) is 3. The van der Waals surface area contributed by atoms with Gasteiger partial charge in [-0.05, 0) is 38.2 Å². The van der Waals surface area contributed by atoms with Gasteiger partial charge in [0.2, 0.25) is 0 Å². The zero-order chi connectivity index (χ0) is 19.2. The minimum atomic E-state index is -4.29. The fourth-order valence-corrected chi connectivity index (χ4v) is 2.94. The Morgan fingerprint density at radius 2 is 1.81 bits per heavy atom. The van der Waals surface area contributed by atoms with Crippen molar-refractivity contribution in [3.8, 4) is 0 Å². The van der Waals surface area contributed by atoms with E-state index in [0.717, 1.165) is 43.9 Å². The molecule has 1 fully saturated rings. The lowest BCUT2D eigenvalue weighted by Gasteiger charge is -2.37. The Labute approximate surface area is 176 Å². The Bertz CT molecular complexity index is 592. The number of likely N-dealkylation sites (N-methyl/N-ethyl adjacent to an activating group) is 2. The number of piperazine rings is 1. The number of rotatable bonds is 5. The molecule has 9 heteroatoms. The van der Waals surface area contributed by atoms with Gasteiger partial charge in [-0.2, -0.15) is 13.2 Å². The summed E-state index contributed by atoms with van der Waals surface area (Å²) in [5.74, 6) is 0.707. The number of benzene rings is 1. The molecule has 0 saturated carbocycles. The Kier molecular flexibility index (Phi) is 9.82. The summed E-state index contributed by atoms with van der Waals surface area (Å²) in [5, 5.41) is 6.54. The second kappa shape index (κ2) is 11.1. The van der Waals surface area contributed by atoms with Crippen LogP contribution in [0.15, 0.2) is 29.3 Å². The van der Waals surface area contributed by atoms with Gasteiger partial charge in [0.15, 0.2) is 5.96 Å². The maximum atomic E-state index is 12.6. The highest BCUT2D eigenvalue weighted by Crippen LogP contribution is 2.29. The van der Waals surface area contributed by atoms with E-state index in [1.54, 1.807) is 7.05 Å². The number of hydrogen-bond donors (Lipinski definition) is 2. The van der Waals surface area contributed by atoms with Crippen LogP contribution >= 0.6 is 24.0 Å². The van der Waals surface area contributed by atoms with Gasteiger partial charge in [0, 0.05) is 45.8 Å². The van der Waals surface area contributed by atoms with Crippen LogP contribution in [0.25, 0.3) is 0 Å². The van der Waals surface area contributed by atoms with Crippen LogP contribution in [0.3, 0.4) is 0 Å². The molecule has 1 aromatic carbocycles. The van der Waals surface area contributed by atoms with Crippen LogP contribution in [0.4, 0.5) is 13.2 Å². The minimum Gasteiger partial charge on any atom is -0.356 e. The van der Waals surface area contributed by atoms with E-state index in [2.05, 4.69) is 39.5 Å². The second-order valence-corrected chi connectivity index (χ2v) is 6.72. The van der Waals surface area contributed by atoms with E-state index in [-0.39, 0.29) is 24.0 Å². The molecule has 154 valence electrons. The molecule has 0 amide bonds. The standard InChI is InChI=1S/C18H28F3N5.HI/c1-22-17(24-12-16-13-25(2)10-11-26(16)3)23-9-8-14-4-6-15(7-5-14)18(19,20)21;/h4-7,16H,8-13H2,1-3H3,(H2,22,23,24);1H. The molecule has 1 atom stereocenters. The third-order valence-corrected chi connectivity index (χ3v) is 4.70. The quantitative estimate of drug-likeness (QED) is 0.371. The summed E-state index contributed by atoms with van der Waals surface area (Å²) in [4.78, 5) is 8.86. The molecule has 0 aromatic heterocycles. The van der Waals surface area contributed by atoms with Gasteiger partial charge in [-0.3, -0.25) is 9.89 Å². The van der Waals surface area contributed by atoms with Crippen molar-refractivity contribution in [3.63, 3.8) is 0 Å². The summed E-state index contributed by atoms with van der Waals surface area (Å²) in [6.45, 7) is 4.52. The van der Waals surface area contributed by atoms with Crippen molar-refractivity contribution in [1.82, 2.24) is 20.4 Å². The molecule has 2 rings (SSSR count). The minimum absolute atomic E-state index is 0. The van der Waals surface area contributed by atoms with Crippen molar-refractivity contribution in [2.24, 2.45) is 4.99 Å². The maximum absolute atomic E-state index is 12.6. The zero-order valence-electron chi connectivity index (χ0n) is 16.0. The van der Waals surface area contributed by atoms with Crippen LogP contribution in [0.5, 0.6) is 0 Å². The molecule has 0 radical (unpaired) electrons. The van der Waals surface area contributed by atoms with Crippen LogP contribution < -0.4 is 10.6 Å². The van der Waals surface area contributed by atoms with Crippen LogP contribution in [0.2, 0.25) is 0 Å². The SMILES string of the molecule is CN=C(NCCc1ccc(C(F)(F)F)cc1)NCC1CN(C)CCN1C.I. The summed E-state index contributed by atoms with van der Waals surface area (Å²) < 4.78 is 37.7. The normalized spacial score (nSPS) is 19.5. The second-order valence-electron chi connectivity index (χ2n) is 6.72. The molecule has 0 aliphatic carbocycles. The van der Waals surface area contributed by atoms with Crippen molar-refractivity contribution in [1.29, 1.82) is 0 Å². The molecule has 2 N–H and O–H groups in total. The zero-order valence-corrected chi connectivity index (χ0v) is 18.3. The first-order valence-corrected chi connectivity index (χ1v) is 8.79. The highest BCUT2D eigenvalue weighted by molar-refractivity contribution is 14.0. The van der Waals surface area contributed by atoms with E-state index >= 15 is 0 Å². The fourth-order valence-electron chi connectivity index (χ4n) is 2.94. The lowest BCUT2D eigenvalue weighted by atomic mass is 10.1. The van der Waals surface area contributed by atoms with E-state index in [0.29, 0.717) is 25.0 Å². The summed E-state index contributed by atoms with van der Waals surface area (Å²) in [6.07, 6.45) is -3.66. The fraction of sp³-hybridized carbons (Fsp3) is 0.611. The lowest BCUT2D eigenvalue weighted by molar-refractivity contribution is -0.137. The average Bonchev–Trinajstić information content (AvgIpc) is 2.60. The molecule has 1 heterocycles. The van der Waals surface area contributed by atoms with Gasteiger partial charge in [-0.15, -0.1) is 24.0 Å². The summed E-state index contributed by atoms with van der Waals surface area (Å²) >= 11 is 0. The van der Waals surface area contributed by atoms with Gasteiger partial charge >= 0.3 is 6.18 Å². The van der Waals surface area contributed by atoms with E-state index in [1.165, 1.54) is 12.1 Å². The first-order valence-electron chi connectivity index (χ1n) is 8.79. The third kappa shape index (κ3) is 7.82. The van der Waals surface area contributed by atoms with E-state index in [1.807, 2.05) is 0 Å². The van der Waals surface area contributed by atoms with E-state index < -0.39 is 11.7 Å². The lowest BCUT2D eigenvalue weighted by Crippen LogP contribution is -2.55. The predicted octanol–water partition coefficient (Wildman–Crippen LogP) is 2.28. The van der Waals surface area contributed by atoms with Gasteiger partial charge < -0.3 is 15.5 Å². The number of aliphatic imine (C=N–C) groups is 1. The molecule has 1 unspecified atom stereocenters. The Hall–Kier alpha value is -1.07. The maximum Gasteiger partial charge on any atom is 0.416 e. The Balaban J connectivity index is 0.00000364. The van der Waals surface area contributed by atoms with Crippen molar-refractivity contribution >= 4 is 29.9 Å². The van der Waals surface area contributed by atoms with Gasteiger partial charge in [-0.25, -0.2) is 0 Å². The van der Waals surface area contributed by atoms with Crippen molar-refractivity contribution in [3.05, 3.63) is 35.4 Å². The van der Waals surface area contributed by atoms with Gasteiger partial charge in [0.05, 0.1) is 5.56 Å². The molecule has 1 aliphatic rings. The molecular weight excluding hydrogens is 470 g/mol. The van der Waals surface area contributed by atoms with Crippen molar-refractivity contribution in [2.45, 2.75) is 18.6 Å². The highest BCUT2D eigenvalue weighted by Gasteiger charge is 2.29. The smallest absolute Gasteiger partial charge is 0.356 e. The largest absolute Gasteiger partial charge is 0.416 e. The van der Waals surface area contributed by atoms with Crippen LogP contribution in [-0.4, -0.2) is 75.7 Å². The molecule has 1 saturated heterocycles. The average molecular weight is 499 g/mol. The monoisotopic (exact) mass is 499 g/mol. The summed E-state index contributed by atoms with van der Waals surface area (Å²) in [6, 6.07) is 5.71. The molecule has 1 aliphatic heterocycles. The predicted molar refractivity (Wildman–Crippen MR) is 114 cm³/mol.